The van der Waals surface area contributed by atoms with Crippen molar-refractivity contribution in [2.24, 2.45) is 0 Å². The third kappa shape index (κ3) is 3.81. The zero-order chi connectivity index (χ0) is 14.4. The average Bonchev–Trinajstić information content (AvgIpc) is 3.21. The molecule has 1 fully saturated rings. The minimum atomic E-state index is -0.762. The first-order valence-corrected chi connectivity index (χ1v) is 6.89. The lowest BCUT2D eigenvalue weighted by molar-refractivity contribution is -0.148. The van der Waals surface area contributed by atoms with Crippen LogP contribution in [0, 0.1) is 0 Å². The van der Waals surface area contributed by atoms with Crippen LogP contribution < -0.4 is 10.6 Å². The number of nitrogens with one attached hydrogen (secondary N) is 2. The highest BCUT2D eigenvalue weighted by Gasteiger charge is 2.52. The van der Waals surface area contributed by atoms with Gasteiger partial charge in [-0.15, -0.1) is 0 Å². The topological polar surface area (TPSA) is 67.4 Å². The fraction of sp³-hybridized carbons (Fsp3) is 0.467. The van der Waals surface area contributed by atoms with Gasteiger partial charge in [-0.1, -0.05) is 30.3 Å². The molecule has 1 aliphatic carbocycles. The maximum Gasteiger partial charge on any atom is 0.331 e. The van der Waals surface area contributed by atoms with Gasteiger partial charge in [-0.05, 0) is 25.3 Å². The number of hydrogen-bond acceptors (Lipinski definition) is 4. The lowest BCUT2D eigenvalue weighted by atomic mass is 10.2. The van der Waals surface area contributed by atoms with Crippen molar-refractivity contribution in [2.75, 3.05) is 13.2 Å². The van der Waals surface area contributed by atoms with Gasteiger partial charge in [0.2, 0.25) is 5.91 Å². The average molecular weight is 276 g/mol. The van der Waals surface area contributed by atoms with Gasteiger partial charge >= 0.3 is 5.97 Å². The van der Waals surface area contributed by atoms with Crippen LogP contribution in [0.1, 0.15) is 25.3 Å². The first-order chi connectivity index (χ1) is 9.66. The fourth-order valence-electron chi connectivity index (χ4n) is 2.00. The van der Waals surface area contributed by atoms with Crippen LogP contribution >= 0.6 is 0 Å². The van der Waals surface area contributed by atoms with Crippen LogP contribution in [0.3, 0.4) is 0 Å². The Balaban J connectivity index is 1.72. The molecular formula is C15H20N2O3. The van der Waals surface area contributed by atoms with Gasteiger partial charge in [0.25, 0.3) is 0 Å². The van der Waals surface area contributed by atoms with E-state index >= 15 is 0 Å². The van der Waals surface area contributed by atoms with Gasteiger partial charge in [0.1, 0.15) is 5.54 Å². The van der Waals surface area contributed by atoms with E-state index in [2.05, 4.69) is 10.6 Å². The standard InChI is InChI=1S/C15H20N2O3/c1-2-20-14(19)15(8-9-15)17-13(18)11-16-10-12-6-4-3-5-7-12/h3-7,16H,2,8-11H2,1H3,(H,17,18). The number of hydrogen-bond donors (Lipinski definition) is 2. The lowest BCUT2D eigenvalue weighted by Gasteiger charge is -2.16. The predicted octanol–water partition coefficient (Wildman–Crippen LogP) is 0.988. The summed E-state index contributed by atoms with van der Waals surface area (Å²) in [5.74, 6) is -0.497. The van der Waals surface area contributed by atoms with Crippen molar-refractivity contribution in [1.82, 2.24) is 10.6 Å². The molecule has 0 spiro atoms. The number of carbonyl (C=O) groups excluding carboxylic acids is 2. The molecule has 0 atom stereocenters. The smallest absolute Gasteiger partial charge is 0.331 e. The molecule has 20 heavy (non-hydrogen) atoms. The van der Waals surface area contributed by atoms with Gasteiger partial charge in [0.15, 0.2) is 0 Å². The highest BCUT2D eigenvalue weighted by atomic mass is 16.5. The number of benzene rings is 1. The molecule has 0 bridgehead atoms. The molecule has 2 N–H and O–H groups in total. The summed E-state index contributed by atoms with van der Waals surface area (Å²) in [4.78, 5) is 23.5. The van der Waals surface area contributed by atoms with Crippen molar-refractivity contribution in [2.45, 2.75) is 31.8 Å². The highest BCUT2D eigenvalue weighted by Crippen LogP contribution is 2.36. The van der Waals surface area contributed by atoms with Gasteiger partial charge in [0, 0.05) is 6.54 Å². The summed E-state index contributed by atoms with van der Waals surface area (Å²) in [6.45, 7) is 2.91. The van der Waals surface area contributed by atoms with Crippen molar-refractivity contribution in [3.8, 4) is 0 Å². The van der Waals surface area contributed by atoms with Crippen LogP contribution in [-0.4, -0.2) is 30.6 Å². The molecule has 5 heteroatoms. The van der Waals surface area contributed by atoms with Crippen molar-refractivity contribution in [3.05, 3.63) is 35.9 Å². The first kappa shape index (κ1) is 14.5. The molecule has 0 aliphatic heterocycles. The van der Waals surface area contributed by atoms with Crippen molar-refractivity contribution >= 4 is 11.9 Å². The number of ether oxygens (including phenoxy) is 1. The molecule has 1 aromatic rings. The molecule has 1 saturated carbocycles. The molecule has 0 aromatic heterocycles. The fourth-order valence-corrected chi connectivity index (χ4v) is 2.00. The second-order valence-corrected chi connectivity index (χ2v) is 4.94. The highest BCUT2D eigenvalue weighted by molar-refractivity contribution is 5.91. The lowest BCUT2D eigenvalue weighted by Crippen LogP contribution is -2.47. The Bertz CT molecular complexity index is 469. The molecule has 0 heterocycles. The van der Waals surface area contributed by atoms with Gasteiger partial charge in [-0.2, -0.15) is 0 Å². The molecule has 1 amide bonds. The van der Waals surface area contributed by atoms with Crippen molar-refractivity contribution in [3.63, 3.8) is 0 Å². The molecule has 0 unspecified atom stereocenters. The monoisotopic (exact) mass is 276 g/mol. The maximum atomic E-state index is 11.8. The van der Waals surface area contributed by atoms with Gasteiger partial charge in [0.05, 0.1) is 13.2 Å². The third-order valence-corrected chi connectivity index (χ3v) is 3.25. The summed E-state index contributed by atoms with van der Waals surface area (Å²) >= 11 is 0. The van der Waals surface area contributed by atoms with Crippen LogP contribution in [0.2, 0.25) is 0 Å². The van der Waals surface area contributed by atoms with Crippen molar-refractivity contribution in [1.29, 1.82) is 0 Å². The Hall–Kier alpha value is -1.88. The number of amides is 1. The molecule has 0 radical (unpaired) electrons. The number of esters is 1. The normalized spacial score (nSPS) is 15.4. The van der Waals surface area contributed by atoms with Gasteiger partial charge in [-0.25, -0.2) is 4.79 Å². The predicted molar refractivity (Wildman–Crippen MR) is 74.9 cm³/mol. The van der Waals surface area contributed by atoms with Crippen LogP contribution in [0.25, 0.3) is 0 Å². The summed E-state index contributed by atoms with van der Waals surface area (Å²) in [7, 11) is 0. The summed E-state index contributed by atoms with van der Waals surface area (Å²) in [6.07, 6.45) is 1.33. The van der Waals surface area contributed by atoms with Crippen LogP contribution in [-0.2, 0) is 20.9 Å². The Kier molecular flexibility index (Phi) is 4.74. The zero-order valence-corrected chi connectivity index (χ0v) is 11.6. The van der Waals surface area contributed by atoms with Gasteiger partial charge in [-0.3, -0.25) is 4.79 Å². The summed E-state index contributed by atoms with van der Waals surface area (Å²) < 4.78 is 4.97. The van der Waals surface area contributed by atoms with Crippen LogP contribution in [0.15, 0.2) is 30.3 Å². The molecule has 108 valence electrons. The largest absolute Gasteiger partial charge is 0.464 e. The number of rotatable bonds is 7. The van der Waals surface area contributed by atoms with E-state index in [0.717, 1.165) is 5.56 Å². The quantitative estimate of drug-likeness (QED) is 0.729. The Morgan fingerprint density at radius 3 is 2.55 bits per heavy atom. The second-order valence-electron chi connectivity index (χ2n) is 4.94. The van der Waals surface area contributed by atoms with Crippen LogP contribution in [0.5, 0.6) is 0 Å². The molecule has 5 nitrogen and oxygen atoms in total. The van der Waals surface area contributed by atoms with E-state index in [0.29, 0.717) is 26.0 Å². The molecule has 1 aromatic carbocycles. The van der Waals surface area contributed by atoms with E-state index < -0.39 is 5.54 Å². The minimum Gasteiger partial charge on any atom is -0.464 e. The Labute approximate surface area is 118 Å². The van der Waals surface area contributed by atoms with Gasteiger partial charge < -0.3 is 15.4 Å². The molecule has 0 saturated heterocycles. The Morgan fingerprint density at radius 2 is 1.95 bits per heavy atom. The van der Waals surface area contributed by atoms with E-state index in [1.54, 1.807) is 6.92 Å². The van der Waals surface area contributed by atoms with E-state index in [4.69, 9.17) is 4.74 Å². The Morgan fingerprint density at radius 1 is 1.25 bits per heavy atom. The first-order valence-electron chi connectivity index (χ1n) is 6.89. The van der Waals surface area contributed by atoms with Crippen molar-refractivity contribution < 1.29 is 14.3 Å². The summed E-state index contributed by atoms with van der Waals surface area (Å²) in [5, 5.41) is 5.82. The second kappa shape index (κ2) is 6.52. The SMILES string of the molecule is CCOC(=O)C1(NC(=O)CNCc2ccccc2)CC1. The van der Waals surface area contributed by atoms with E-state index in [9.17, 15) is 9.59 Å². The summed E-state index contributed by atoms with van der Waals surface area (Å²) in [5.41, 5.74) is 0.355. The zero-order valence-electron chi connectivity index (χ0n) is 11.6. The van der Waals surface area contributed by atoms with E-state index in [-0.39, 0.29) is 18.4 Å². The molecular weight excluding hydrogens is 256 g/mol. The molecule has 1 aliphatic rings. The molecule has 2 rings (SSSR count). The maximum absolute atomic E-state index is 11.8. The number of carbonyl (C=O) groups is 2. The minimum absolute atomic E-state index is 0.175. The summed E-state index contributed by atoms with van der Waals surface area (Å²) in [6, 6.07) is 9.85. The third-order valence-electron chi connectivity index (χ3n) is 3.25. The van der Waals surface area contributed by atoms with Crippen LogP contribution in [0.4, 0.5) is 0 Å². The van der Waals surface area contributed by atoms with E-state index in [1.807, 2.05) is 30.3 Å². The van der Waals surface area contributed by atoms with E-state index in [1.165, 1.54) is 0 Å².